The van der Waals surface area contributed by atoms with Gasteiger partial charge >= 0.3 is 5.97 Å². The molecule has 2 aliphatic rings. The van der Waals surface area contributed by atoms with Gasteiger partial charge in [0.05, 0.1) is 24.6 Å². The van der Waals surface area contributed by atoms with Crippen molar-refractivity contribution in [2.24, 2.45) is 0 Å². The van der Waals surface area contributed by atoms with Gasteiger partial charge < -0.3 is 25.0 Å². The minimum Gasteiger partial charge on any atom is -0.480 e. The highest BCUT2D eigenvalue weighted by atomic mass is 16.5. The minimum absolute atomic E-state index is 0.0608. The molecule has 1 fully saturated rings. The van der Waals surface area contributed by atoms with E-state index in [1.807, 2.05) is 0 Å². The Balaban J connectivity index is 1.64. The first kappa shape index (κ1) is 17.9. The molecule has 9 heteroatoms. The van der Waals surface area contributed by atoms with E-state index < -0.39 is 17.9 Å². The van der Waals surface area contributed by atoms with Crippen molar-refractivity contribution in [3.05, 3.63) is 24.3 Å². The Hall–Kier alpha value is -2.94. The van der Waals surface area contributed by atoms with Gasteiger partial charge in [-0.1, -0.05) is 12.1 Å². The highest BCUT2D eigenvalue weighted by Crippen LogP contribution is 2.29. The van der Waals surface area contributed by atoms with Crippen LogP contribution in [0.25, 0.3) is 0 Å². The lowest BCUT2D eigenvalue weighted by atomic mass is 10.1. The highest BCUT2D eigenvalue weighted by Gasteiger charge is 2.33. The fourth-order valence-electron chi connectivity index (χ4n) is 3.05. The summed E-state index contributed by atoms with van der Waals surface area (Å²) in [6, 6.07) is 5.89. The van der Waals surface area contributed by atoms with E-state index in [0.717, 1.165) is 0 Å². The molecule has 0 spiro atoms. The van der Waals surface area contributed by atoms with Crippen LogP contribution in [0.15, 0.2) is 24.3 Å². The number of anilines is 2. The van der Waals surface area contributed by atoms with Crippen LogP contribution in [0.1, 0.15) is 12.8 Å². The molecular weight excluding hydrogens is 342 g/mol. The molecule has 2 heterocycles. The maximum Gasteiger partial charge on any atom is 0.328 e. The summed E-state index contributed by atoms with van der Waals surface area (Å²) < 4.78 is 5.10. The molecule has 3 amide bonds. The Morgan fingerprint density at radius 2 is 1.92 bits per heavy atom. The van der Waals surface area contributed by atoms with Gasteiger partial charge in [0, 0.05) is 19.4 Å². The zero-order valence-corrected chi connectivity index (χ0v) is 14.0. The van der Waals surface area contributed by atoms with Crippen molar-refractivity contribution in [3.63, 3.8) is 0 Å². The standard InChI is InChI=1S/C17H19N3O6/c21-14-9-20(12-4-2-1-3-11(12)18-14)16(23)6-5-15(22)19-7-8-26-10-13(19)17(24)25/h1-4,13H,5-10H2,(H,18,21)(H,24,25). The van der Waals surface area contributed by atoms with E-state index >= 15 is 0 Å². The van der Waals surface area contributed by atoms with Crippen molar-refractivity contribution in [1.29, 1.82) is 0 Å². The van der Waals surface area contributed by atoms with Crippen LogP contribution in [0.2, 0.25) is 0 Å². The van der Waals surface area contributed by atoms with Crippen LogP contribution in [0, 0.1) is 0 Å². The summed E-state index contributed by atoms with van der Waals surface area (Å²) in [4.78, 5) is 50.5. The molecule has 0 aliphatic carbocycles. The van der Waals surface area contributed by atoms with Crippen LogP contribution in [0.4, 0.5) is 11.4 Å². The molecule has 1 aromatic carbocycles. The summed E-state index contributed by atoms with van der Waals surface area (Å²) in [5, 5.41) is 11.9. The lowest BCUT2D eigenvalue weighted by molar-refractivity contribution is -0.158. The monoisotopic (exact) mass is 361 g/mol. The molecule has 138 valence electrons. The molecular formula is C17H19N3O6. The number of nitrogens with one attached hydrogen (secondary N) is 1. The van der Waals surface area contributed by atoms with E-state index in [9.17, 15) is 24.3 Å². The van der Waals surface area contributed by atoms with E-state index in [0.29, 0.717) is 11.4 Å². The van der Waals surface area contributed by atoms with Crippen molar-refractivity contribution >= 4 is 35.1 Å². The van der Waals surface area contributed by atoms with Gasteiger partial charge in [-0.3, -0.25) is 14.4 Å². The van der Waals surface area contributed by atoms with Gasteiger partial charge in [-0.15, -0.1) is 0 Å². The maximum atomic E-state index is 12.5. The minimum atomic E-state index is -1.13. The largest absolute Gasteiger partial charge is 0.480 e. The number of morpholine rings is 1. The third-order valence-electron chi connectivity index (χ3n) is 4.36. The molecule has 3 rings (SSSR count). The average molecular weight is 361 g/mol. The summed E-state index contributed by atoms with van der Waals surface area (Å²) >= 11 is 0. The zero-order chi connectivity index (χ0) is 18.7. The van der Waals surface area contributed by atoms with Crippen molar-refractivity contribution in [2.75, 3.05) is 36.5 Å². The quantitative estimate of drug-likeness (QED) is 0.784. The number of benzene rings is 1. The van der Waals surface area contributed by atoms with Gasteiger partial charge in [0.2, 0.25) is 17.7 Å². The molecule has 2 N–H and O–H groups in total. The van der Waals surface area contributed by atoms with Crippen LogP contribution >= 0.6 is 0 Å². The normalized spacial score (nSPS) is 19.5. The Morgan fingerprint density at radius 3 is 2.69 bits per heavy atom. The third kappa shape index (κ3) is 3.67. The van der Waals surface area contributed by atoms with Gasteiger partial charge in [-0.2, -0.15) is 0 Å². The van der Waals surface area contributed by atoms with E-state index in [1.165, 1.54) is 9.80 Å². The number of hydrogen-bond donors (Lipinski definition) is 2. The second-order valence-electron chi connectivity index (χ2n) is 6.06. The number of carbonyl (C=O) groups is 4. The molecule has 0 radical (unpaired) electrons. The molecule has 1 atom stereocenters. The van der Waals surface area contributed by atoms with Crippen LogP contribution in [0.5, 0.6) is 0 Å². The number of carbonyl (C=O) groups excluding carboxylic acids is 3. The van der Waals surface area contributed by atoms with Crippen molar-refractivity contribution in [2.45, 2.75) is 18.9 Å². The molecule has 0 bridgehead atoms. The first-order chi connectivity index (χ1) is 12.5. The number of hydrogen-bond acceptors (Lipinski definition) is 5. The fraction of sp³-hybridized carbons (Fsp3) is 0.412. The van der Waals surface area contributed by atoms with Crippen LogP contribution in [-0.2, 0) is 23.9 Å². The van der Waals surface area contributed by atoms with E-state index in [-0.39, 0.29) is 51.0 Å². The van der Waals surface area contributed by atoms with E-state index in [4.69, 9.17) is 4.74 Å². The first-order valence-electron chi connectivity index (χ1n) is 8.26. The van der Waals surface area contributed by atoms with Crippen LogP contribution in [0.3, 0.4) is 0 Å². The number of carboxylic acid groups (broad SMARTS) is 1. The molecule has 1 saturated heterocycles. The van der Waals surface area contributed by atoms with Gasteiger partial charge in [0.25, 0.3) is 0 Å². The Morgan fingerprint density at radius 1 is 1.19 bits per heavy atom. The van der Waals surface area contributed by atoms with Crippen LogP contribution in [-0.4, -0.2) is 66.0 Å². The van der Waals surface area contributed by atoms with Crippen molar-refractivity contribution in [3.8, 4) is 0 Å². The predicted octanol–water partition coefficient (Wildman–Crippen LogP) is 0.0639. The average Bonchev–Trinajstić information content (AvgIpc) is 2.65. The number of ether oxygens (including phenoxy) is 1. The maximum absolute atomic E-state index is 12.5. The van der Waals surface area contributed by atoms with Crippen molar-refractivity contribution < 1.29 is 29.0 Å². The smallest absolute Gasteiger partial charge is 0.328 e. The third-order valence-corrected chi connectivity index (χ3v) is 4.36. The van der Waals surface area contributed by atoms with Gasteiger partial charge in [-0.25, -0.2) is 4.79 Å². The second kappa shape index (κ2) is 7.52. The number of carboxylic acids is 1. The zero-order valence-electron chi connectivity index (χ0n) is 14.0. The van der Waals surface area contributed by atoms with Crippen molar-refractivity contribution in [1.82, 2.24) is 4.90 Å². The highest BCUT2D eigenvalue weighted by molar-refractivity contribution is 6.10. The lowest BCUT2D eigenvalue weighted by Gasteiger charge is -2.33. The Bertz CT molecular complexity index is 750. The number of aliphatic carboxylic acids is 1. The molecule has 0 aromatic heterocycles. The number of rotatable bonds is 4. The summed E-state index contributed by atoms with van der Waals surface area (Å²) in [5.41, 5.74) is 1.13. The molecule has 2 aliphatic heterocycles. The molecule has 26 heavy (non-hydrogen) atoms. The molecule has 9 nitrogen and oxygen atoms in total. The summed E-state index contributed by atoms with van der Waals surface area (Å²) in [6.45, 7) is 0.274. The molecule has 0 saturated carbocycles. The topological polar surface area (TPSA) is 116 Å². The fourth-order valence-corrected chi connectivity index (χ4v) is 3.05. The Kier molecular flexibility index (Phi) is 5.17. The van der Waals surface area contributed by atoms with Gasteiger partial charge in [0.15, 0.2) is 6.04 Å². The summed E-state index contributed by atoms with van der Waals surface area (Å²) in [7, 11) is 0. The number of fused-ring (bicyclic) bond motifs is 1. The van der Waals surface area contributed by atoms with E-state index in [1.54, 1.807) is 24.3 Å². The SMILES string of the molecule is O=C1CN(C(=O)CCC(=O)N2CCOCC2C(=O)O)c2ccccc2N1. The summed E-state index contributed by atoms with van der Waals surface area (Å²) in [6.07, 6.45) is -0.229. The number of amides is 3. The number of para-hydroxylation sites is 2. The van der Waals surface area contributed by atoms with Gasteiger partial charge in [-0.05, 0) is 12.1 Å². The Labute approximate surface area is 149 Å². The molecule has 1 aromatic rings. The summed E-state index contributed by atoms with van der Waals surface area (Å²) in [5.74, 6) is -2.21. The van der Waals surface area contributed by atoms with Crippen LogP contribution < -0.4 is 10.2 Å². The first-order valence-corrected chi connectivity index (χ1v) is 8.26. The van der Waals surface area contributed by atoms with E-state index in [2.05, 4.69) is 5.32 Å². The lowest BCUT2D eigenvalue weighted by Crippen LogP contribution is -2.52. The second-order valence-corrected chi connectivity index (χ2v) is 6.06. The predicted molar refractivity (Wildman–Crippen MR) is 90.6 cm³/mol. The number of nitrogens with zero attached hydrogens (tertiary/aromatic N) is 2. The molecule has 1 unspecified atom stereocenters. The van der Waals surface area contributed by atoms with Gasteiger partial charge in [0.1, 0.15) is 6.54 Å².